The van der Waals surface area contributed by atoms with E-state index in [2.05, 4.69) is 51.7 Å². The van der Waals surface area contributed by atoms with Crippen molar-refractivity contribution in [3.63, 3.8) is 0 Å². The Morgan fingerprint density at radius 3 is 1.56 bits per heavy atom. The standard InChI is InChI=1S/C18H17N3.3ClH.V/c1-3-7-17-13(5-1)9-15(20-17)11-19-12-16-10-14-6-2-4-8-18(14)21-16;;;;/h1-8,19H,9-12H2;3*1H;/q;;;;+3/p-3. The van der Waals surface area contributed by atoms with Crippen LogP contribution >= 0.6 is 29.5 Å². The van der Waals surface area contributed by atoms with Gasteiger partial charge in [-0.25, -0.2) is 0 Å². The van der Waals surface area contributed by atoms with Crippen molar-refractivity contribution in [2.75, 3.05) is 13.1 Å². The minimum absolute atomic E-state index is 0.837. The Morgan fingerprint density at radius 1 is 0.760 bits per heavy atom. The van der Waals surface area contributed by atoms with Crippen molar-refractivity contribution < 1.29 is 12.3 Å². The van der Waals surface area contributed by atoms with Crippen LogP contribution in [0.3, 0.4) is 0 Å². The molecule has 2 aromatic carbocycles. The van der Waals surface area contributed by atoms with Crippen molar-refractivity contribution in [3.8, 4) is 0 Å². The normalized spacial score (nSPS) is 14.4. The summed E-state index contributed by atoms with van der Waals surface area (Å²) in [6.07, 6.45) is 1.94. The van der Waals surface area contributed by atoms with E-state index in [1.54, 1.807) is 0 Å². The Hall–Kier alpha value is -0.806. The van der Waals surface area contributed by atoms with Gasteiger partial charge in [-0.2, -0.15) is 0 Å². The predicted octanol–water partition coefficient (Wildman–Crippen LogP) is 5.30. The molecule has 0 spiro atoms. The van der Waals surface area contributed by atoms with Gasteiger partial charge in [0.25, 0.3) is 0 Å². The van der Waals surface area contributed by atoms with Crippen LogP contribution < -0.4 is 5.32 Å². The van der Waals surface area contributed by atoms with Crippen molar-refractivity contribution in [2.24, 2.45) is 9.98 Å². The van der Waals surface area contributed by atoms with Gasteiger partial charge in [0.1, 0.15) is 0 Å². The smallest absolute Gasteiger partial charge is 0.0665 e. The van der Waals surface area contributed by atoms with E-state index in [1.807, 2.05) is 12.1 Å². The summed E-state index contributed by atoms with van der Waals surface area (Å²) in [6.45, 7) is 1.67. The summed E-state index contributed by atoms with van der Waals surface area (Å²) in [4.78, 5) is 9.34. The van der Waals surface area contributed by atoms with Gasteiger partial charge in [0.2, 0.25) is 0 Å². The van der Waals surface area contributed by atoms with E-state index in [0.717, 1.165) is 37.3 Å². The summed E-state index contributed by atoms with van der Waals surface area (Å²) in [7, 11) is 14.9. The van der Waals surface area contributed by atoms with Gasteiger partial charge in [-0.3, -0.25) is 9.98 Å². The first-order valence-electron chi connectivity index (χ1n) is 7.88. The Balaban J connectivity index is 0.000000415. The third kappa shape index (κ3) is 5.58. The first kappa shape index (κ1) is 19.0. The molecule has 0 radical (unpaired) electrons. The van der Waals surface area contributed by atoms with Crippen LogP contribution in [0.25, 0.3) is 0 Å². The Kier molecular flexibility index (Phi) is 7.00. The van der Waals surface area contributed by atoms with Gasteiger partial charge >= 0.3 is 41.8 Å². The average Bonchev–Trinajstić information content (AvgIpc) is 3.16. The van der Waals surface area contributed by atoms with E-state index in [4.69, 9.17) is 29.5 Å². The van der Waals surface area contributed by atoms with Crippen molar-refractivity contribution in [1.82, 2.24) is 5.32 Å². The SMILES string of the molecule is [Cl][V]([Cl])[Cl].c1ccc2c(c1)CC(CNCC1=Nc3ccccc3C1)=N2. The zero-order valence-corrected chi connectivity index (χ0v) is 17.1. The van der Waals surface area contributed by atoms with E-state index in [0.29, 0.717) is 0 Å². The van der Waals surface area contributed by atoms with Crippen LogP contribution in [-0.4, -0.2) is 24.5 Å². The largest absolute Gasteiger partial charge is 0.306 e. The molecule has 0 fully saturated rings. The van der Waals surface area contributed by atoms with Gasteiger partial charge in [0, 0.05) is 37.4 Å². The molecule has 2 aliphatic rings. The third-order valence-electron chi connectivity index (χ3n) is 3.99. The van der Waals surface area contributed by atoms with E-state index >= 15 is 0 Å². The van der Waals surface area contributed by atoms with Crippen LogP contribution in [0.5, 0.6) is 0 Å². The van der Waals surface area contributed by atoms with Crippen LogP contribution in [0.4, 0.5) is 11.4 Å². The first-order chi connectivity index (χ1) is 12.1. The van der Waals surface area contributed by atoms with Crippen LogP contribution in [0.15, 0.2) is 58.5 Å². The Bertz CT molecular complexity index is 739. The summed E-state index contributed by atoms with van der Waals surface area (Å²) >= 11 is -1.77. The van der Waals surface area contributed by atoms with Crippen molar-refractivity contribution in [2.45, 2.75) is 12.8 Å². The van der Waals surface area contributed by atoms with E-state index in [9.17, 15) is 0 Å². The molecule has 2 aromatic rings. The Morgan fingerprint density at radius 2 is 1.16 bits per heavy atom. The third-order valence-corrected chi connectivity index (χ3v) is 3.99. The van der Waals surface area contributed by atoms with Gasteiger partial charge in [-0.1, -0.05) is 36.4 Å². The number of hydrogen-bond acceptors (Lipinski definition) is 3. The Labute approximate surface area is 165 Å². The molecular formula is C18H17Cl3N3V. The molecule has 2 heterocycles. The summed E-state index contributed by atoms with van der Waals surface area (Å²) in [5.74, 6) is 0. The molecule has 130 valence electrons. The minimum atomic E-state index is -1.77. The minimum Gasteiger partial charge on any atom is -0.306 e. The zero-order chi connectivity index (χ0) is 17.6. The average molecular weight is 433 g/mol. The van der Waals surface area contributed by atoms with Gasteiger partial charge in [-0.05, 0) is 23.3 Å². The molecule has 0 atom stereocenters. The molecule has 0 aliphatic carbocycles. The molecule has 3 nitrogen and oxygen atoms in total. The number of aliphatic imine (C=N–C) groups is 2. The number of nitrogens with one attached hydrogen (secondary N) is 1. The molecule has 4 rings (SSSR count). The number of rotatable bonds is 4. The maximum absolute atomic E-state index is 4.95. The monoisotopic (exact) mass is 431 g/mol. The molecule has 0 unspecified atom stereocenters. The molecule has 7 heteroatoms. The summed E-state index contributed by atoms with van der Waals surface area (Å²) < 4.78 is 0. The maximum Gasteiger partial charge on any atom is 0.0665 e. The fourth-order valence-corrected chi connectivity index (χ4v) is 2.95. The fraction of sp³-hybridized carbons (Fsp3) is 0.222. The molecule has 0 amide bonds. The van der Waals surface area contributed by atoms with Crippen molar-refractivity contribution in [1.29, 1.82) is 0 Å². The number of hydrogen-bond donors (Lipinski definition) is 1. The van der Waals surface area contributed by atoms with Crippen LogP contribution in [-0.2, 0) is 25.1 Å². The first-order valence-corrected chi connectivity index (χ1v) is 13.6. The second-order valence-corrected chi connectivity index (χ2v) is 12.7. The number of fused-ring (bicyclic) bond motifs is 2. The van der Waals surface area contributed by atoms with Crippen LogP contribution in [0.1, 0.15) is 11.1 Å². The molecule has 0 saturated carbocycles. The number of benzene rings is 2. The van der Waals surface area contributed by atoms with Gasteiger partial charge in [0.05, 0.1) is 11.4 Å². The maximum atomic E-state index is 4.95. The van der Waals surface area contributed by atoms with Crippen molar-refractivity contribution >= 4 is 52.3 Å². The molecule has 2 aliphatic heterocycles. The summed E-state index contributed by atoms with van der Waals surface area (Å²) in [6, 6.07) is 16.7. The summed E-state index contributed by atoms with van der Waals surface area (Å²) in [5.41, 5.74) is 7.35. The molecule has 0 saturated heterocycles. The van der Waals surface area contributed by atoms with E-state index < -0.39 is 12.3 Å². The van der Waals surface area contributed by atoms with Gasteiger partial charge in [0.15, 0.2) is 0 Å². The summed E-state index contributed by atoms with van der Waals surface area (Å²) in [5, 5.41) is 3.48. The predicted molar refractivity (Wildman–Crippen MR) is 105 cm³/mol. The quantitative estimate of drug-likeness (QED) is 0.699. The van der Waals surface area contributed by atoms with Crippen molar-refractivity contribution in [3.05, 3.63) is 59.7 Å². The number of halogens is 3. The second-order valence-electron chi connectivity index (χ2n) is 5.76. The van der Waals surface area contributed by atoms with Gasteiger partial charge in [-0.15, -0.1) is 0 Å². The van der Waals surface area contributed by atoms with E-state index in [-0.39, 0.29) is 0 Å². The molecular weight excluding hydrogens is 416 g/mol. The molecule has 0 bridgehead atoms. The fourth-order valence-electron chi connectivity index (χ4n) is 2.95. The topological polar surface area (TPSA) is 36.8 Å². The van der Waals surface area contributed by atoms with E-state index in [1.165, 1.54) is 22.6 Å². The van der Waals surface area contributed by atoms with Gasteiger partial charge < -0.3 is 5.32 Å². The molecule has 1 N–H and O–H groups in total. The molecule has 25 heavy (non-hydrogen) atoms. The molecule has 0 aromatic heterocycles. The zero-order valence-electron chi connectivity index (χ0n) is 13.4. The van der Waals surface area contributed by atoms with Crippen LogP contribution in [0, 0.1) is 0 Å². The number of nitrogens with zero attached hydrogens (tertiary/aromatic N) is 2. The number of para-hydroxylation sites is 2. The second kappa shape index (κ2) is 9.22. The van der Waals surface area contributed by atoms with Crippen LogP contribution in [0.2, 0.25) is 0 Å².